The highest BCUT2D eigenvalue weighted by Crippen LogP contribution is 2.20. The molecule has 0 radical (unpaired) electrons. The number of nitrogens with one attached hydrogen (secondary N) is 3. The Kier molecular flexibility index (Phi) is 6.51. The molecule has 6 nitrogen and oxygen atoms in total. The summed E-state index contributed by atoms with van der Waals surface area (Å²) in [5.41, 5.74) is 2.20. The van der Waals surface area contributed by atoms with E-state index in [1.165, 1.54) is 6.92 Å². The SMILES string of the molecule is CCC(CC)C(=O)Nc1ccc(Nc2cccc(NC(C)=O)c2)nc1. The van der Waals surface area contributed by atoms with Crippen LogP contribution in [0.5, 0.6) is 0 Å². The Morgan fingerprint density at radius 3 is 2.32 bits per heavy atom. The van der Waals surface area contributed by atoms with Crippen LogP contribution in [0.4, 0.5) is 22.9 Å². The quantitative estimate of drug-likeness (QED) is 0.707. The lowest BCUT2D eigenvalue weighted by Gasteiger charge is -2.13. The van der Waals surface area contributed by atoms with E-state index in [1.807, 2.05) is 44.2 Å². The highest BCUT2D eigenvalue weighted by molar-refractivity contribution is 5.92. The van der Waals surface area contributed by atoms with Crippen molar-refractivity contribution in [2.45, 2.75) is 33.6 Å². The molecule has 0 fully saturated rings. The van der Waals surface area contributed by atoms with Gasteiger partial charge >= 0.3 is 0 Å². The van der Waals surface area contributed by atoms with E-state index >= 15 is 0 Å². The summed E-state index contributed by atoms with van der Waals surface area (Å²) in [7, 11) is 0. The molecule has 25 heavy (non-hydrogen) atoms. The van der Waals surface area contributed by atoms with Gasteiger partial charge in [0.25, 0.3) is 0 Å². The Hall–Kier alpha value is -2.89. The van der Waals surface area contributed by atoms with E-state index in [-0.39, 0.29) is 17.7 Å². The van der Waals surface area contributed by atoms with Crippen LogP contribution in [-0.4, -0.2) is 16.8 Å². The molecule has 1 aromatic carbocycles. The first-order valence-corrected chi connectivity index (χ1v) is 8.43. The smallest absolute Gasteiger partial charge is 0.227 e. The summed E-state index contributed by atoms with van der Waals surface area (Å²) >= 11 is 0. The molecule has 0 atom stereocenters. The summed E-state index contributed by atoms with van der Waals surface area (Å²) in [5.74, 6) is 0.582. The Balaban J connectivity index is 2.01. The second-order valence-electron chi connectivity index (χ2n) is 5.82. The van der Waals surface area contributed by atoms with Gasteiger partial charge < -0.3 is 16.0 Å². The van der Waals surface area contributed by atoms with E-state index < -0.39 is 0 Å². The number of carbonyl (C=O) groups is 2. The maximum atomic E-state index is 12.1. The van der Waals surface area contributed by atoms with Crippen LogP contribution in [-0.2, 0) is 9.59 Å². The molecule has 3 N–H and O–H groups in total. The van der Waals surface area contributed by atoms with Crippen molar-refractivity contribution in [3.63, 3.8) is 0 Å². The number of hydrogen-bond acceptors (Lipinski definition) is 4. The molecule has 0 aliphatic carbocycles. The Bertz CT molecular complexity index is 724. The number of hydrogen-bond donors (Lipinski definition) is 3. The number of amides is 2. The van der Waals surface area contributed by atoms with Crippen LogP contribution in [0.3, 0.4) is 0 Å². The molecule has 0 aliphatic rings. The van der Waals surface area contributed by atoms with E-state index in [0.717, 1.165) is 18.5 Å². The Morgan fingerprint density at radius 1 is 1.00 bits per heavy atom. The number of anilines is 4. The number of nitrogens with zero attached hydrogens (tertiary/aromatic N) is 1. The summed E-state index contributed by atoms with van der Waals surface area (Å²) < 4.78 is 0. The number of rotatable bonds is 7. The standard InChI is InChI=1S/C19H24N4O2/c1-4-14(5-2)19(25)23-17-9-10-18(20-12-17)22-16-8-6-7-15(11-16)21-13(3)24/h6-12,14H,4-5H2,1-3H3,(H,20,22)(H,21,24)(H,23,25). The fourth-order valence-electron chi connectivity index (χ4n) is 2.47. The lowest BCUT2D eigenvalue weighted by Crippen LogP contribution is -2.21. The molecule has 0 aliphatic heterocycles. The molecule has 0 saturated carbocycles. The van der Waals surface area contributed by atoms with Crippen molar-refractivity contribution in [2.24, 2.45) is 5.92 Å². The van der Waals surface area contributed by atoms with Crippen LogP contribution in [0.15, 0.2) is 42.6 Å². The molecule has 0 spiro atoms. The topological polar surface area (TPSA) is 83.1 Å². The first-order valence-electron chi connectivity index (χ1n) is 8.43. The van der Waals surface area contributed by atoms with Crippen LogP contribution in [0.2, 0.25) is 0 Å². The molecule has 1 heterocycles. The minimum atomic E-state index is -0.118. The third-order valence-corrected chi connectivity index (χ3v) is 3.84. The molecule has 6 heteroatoms. The van der Waals surface area contributed by atoms with Crippen LogP contribution >= 0.6 is 0 Å². The Morgan fingerprint density at radius 2 is 1.72 bits per heavy atom. The van der Waals surface area contributed by atoms with Crippen molar-refractivity contribution >= 4 is 34.7 Å². The van der Waals surface area contributed by atoms with Gasteiger partial charge in [-0.15, -0.1) is 0 Å². The first-order chi connectivity index (χ1) is 12.0. The molecular formula is C19H24N4O2. The van der Waals surface area contributed by atoms with Crippen molar-refractivity contribution in [2.75, 3.05) is 16.0 Å². The van der Waals surface area contributed by atoms with Crippen molar-refractivity contribution in [1.82, 2.24) is 4.98 Å². The van der Waals surface area contributed by atoms with Gasteiger partial charge in [0.1, 0.15) is 5.82 Å². The minimum absolute atomic E-state index is 0.0225. The number of benzene rings is 1. The van der Waals surface area contributed by atoms with Crippen LogP contribution < -0.4 is 16.0 Å². The lowest BCUT2D eigenvalue weighted by molar-refractivity contribution is -0.120. The molecule has 2 rings (SSSR count). The predicted molar refractivity (Wildman–Crippen MR) is 101 cm³/mol. The van der Waals surface area contributed by atoms with Crippen molar-refractivity contribution in [3.05, 3.63) is 42.6 Å². The molecule has 0 saturated heterocycles. The fraction of sp³-hybridized carbons (Fsp3) is 0.316. The van der Waals surface area contributed by atoms with E-state index in [1.54, 1.807) is 12.3 Å². The molecule has 2 amide bonds. The molecule has 132 valence electrons. The van der Waals surface area contributed by atoms with Gasteiger partial charge in [-0.1, -0.05) is 19.9 Å². The van der Waals surface area contributed by atoms with Gasteiger partial charge in [0.2, 0.25) is 11.8 Å². The maximum absolute atomic E-state index is 12.1. The highest BCUT2D eigenvalue weighted by atomic mass is 16.2. The lowest BCUT2D eigenvalue weighted by atomic mass is 10.0. The zero-order valence-electron chi connectivity index (χ0n) is 14.8. The summed E-state index contributed by atoms with van der Waals surface area (Å²) in [4.78, 5) is 27.5. The fourth-order valence-corrected chi connectivity index (χ4v) is 2.47. The van der Waals surface area contributed by atoms with Gasteiger partial charge in [-0.25, -0.2) is 4.98 Å². The first kappa shape index (κ1) is 18.4. The predicted octanol–water partition coefficient (Wildman–Crippen LogP) is 4.16. The largest absolute Gasteiger partial charge is 0.340 e. The molecule has 2 aromatic rings. The molecule has 0 unspecified atom stereocenters. The van der Waals surface area contributed by atoms with Gasteiger partial charge in [0.05, 0.1) is 11.9 Å². The zero-order valence-corrected chi connectivity index (χ0v) is 14.8. The summed E-state index contributed by atoms with van der Waals surface area (Å²) in [6, 6.07) is 11.0. The molecule has 0 bridgehead atoms. The third kappa shape index (κ3) is 5.60. The maximum Gasteiger partial charge on any atom is 0.227 e. The average Bonchev–Trinajstić information content (AvgIpc) is 2.57. The summed E-state index contributed by atoms with van der Waals surface area (Å²) in [6.45, 7) is 5.48. The van der Waals surface area contributed by atoms with Gasteiger partial charge in [0, 0.05) is 24.2 Å². The van der Waals surface area contributed by atoms with Crippen LogP contribution in [0.1, 0.15) is 33.6 Å². The average molecular weight is 340 g/mol. The van der Waals surface area contributed by atoms with Gasteiger partial charge in [-0.2, -0.15) is 0 Å². The molecular weight excluding hydrogens is 316 g/mol. The molecule has 1 aromatic heterocycles. The van der Waals surface area contributed by atoms with E-state index in [9.17, 15) is 9.59 Å². The number of aromatic nitrogens is 1. The van der Waals surface area contributed by atoms with E-state index in [2.05, 4.69) is 20.9 Å². The van der Waals surface area contributed by atoms with Crippen molar-refractivity contribution in [1.29, 1.82) is 0 Å². The van der Waals surface area contributed by atoms with Gasteiger partial charge in [-0.3, -0.25) is 9.59 Å². The van der Waals surface area contributed by atoms with E-state index in [4.69, 9.17) is 0 Å². The summed E-state index contributed by atoms with van der Waals surface area (Å²) in [5, 5.41) is 8.79. The number of pyridine rings is 1. The van der Waals surface area contributed by atoms with Gasteiger partial charge in [0.15, 0.2) is 0 Å². The van der Waals surface area contributed by atoms with Crippen LogP contribution in [0.25, 0.3) is 0 Å². The van der Waals surface area contributed by atoms with E-state index in [0.29, 0.717) is 17.2 Å². The Labute approximate surface area is 148 Å². The second kappa shape index (κ2) is 8.82. The number of carbonyl (C=O) groups excluding carboxylic acids is 2. The van der Waals surface area contributed by atoms with Gasteiger partial charge in [-0.05, 0) is 43.2 Å². The van der Waals surface area contributed by atoms with Crippen molar-refractivity contribution in [3.8, 4) is 0 Å². The summed E-state index contributed by atoms with van der Waals surface area (Å²) in [6.07, 6.45) is 3.26. The highest BCUT2D eigenvalue weighted by Gasteiger charge is 2.14. The zero-order chi connectivity index (χ0) is 18.2. The van der Waals surface area contributed by atoms with Crippen molar-refractivity contribution < 1.29 is 9.59 Å². The second-order valence-corrected chi connectivity index (χ2v) is 5.82. The third-order valence-electron chi connectivity index (χ3n) is 3.84. The monoisotopic (exact) mass is 340 g/mol. The minimum Gasteiger partial charge on any atom is -0.340 e. The van der Waals surface area contributed by atoms with Crippen LogP contribution in [0, 0.1) is 5.92 Å². The normalized spacial score (nSPS) is 10.4.